The van der Waals surface area contributed by atoms with Crippen LogP contribution in [0.25, 0.3) is 0 Å². The van der Waals surface area contributed by atoms with Crippen LogP contribution in [0.2, 0.25) is 0 Å². The molecule has 19 heteroatoms. The molecule has 0 aliphatic rings. The number of hydrogen-bond donors (Lipinski definition) is 3. The monoisotopic (exact) mass is 1490 g/mol. The second kappa shape index (κ2) is 75.9. The zero-order valence-corrected chi connectivity index (χ0v) is 66.4. The Morgan fingerprint density at radius 1 is 0.279 bits per heavy atom. The van der Waals surface area contributed by atoms with Crippen molar-refractivity contribution < 1.29 is 80.2 Å². The number of esters is 4. The van der Waals surface area contributed by atoms with Crippen molar-refractivity contribution in [2.24, 2.45) is 0 Å². The van der Waals surface area contributed by atoms with Gasteiger partial charge in [0.15, 0.2) is 12.2 Å². The minimum atomic E-state index is -5.01. The minimum absolute atomic E-state index is 0.0278. The summed E-state index contributed by atoms with van der Waals surface area (Å²) in [6, 6.07) is 0. The van der Waals surface area contributed by atoms with Gasteiger partial charge in [-0.1, -0.05) is 276 Å². The van der Waals surface area contributed by atoms with Crippen LogP contribution in [-0.2, 0) is 65.4 Å². The number of aliphatic hydroxyl groups excluding tert-OH is 1. The molecule has 0 radical (unpaired) electrons. The van der Waals surface area contributed by atoms with Crippen molar-refractivity contribution in [2.75, 3.05) is 39.6 Å². The highest BCUT2D eigenvalue weighted by Gasteiger charge is 2.30. The molecule has 0 aliphatic carbocycles. The van der Waals surface area contributed by atoms with E-state index in [-0.39, 0.29) is 25.7 Å². The van der Waals surface area contributed by atoms with Crippen molar-refractivity contribution in [3.05, 3.63) is 158 Å². The summed E-state index contributed by atoms with van der Waals surface area (Å²) in [4.78, 5) is 73.0. The predicted molar refractivity (Wildman–Crippen MR) is 427 cm³/mol. The van der Waals surface area contributed by atoms with Crippen molar-refractivity contribution in [1.82, 2.24) is 0 Å². The SMILES string of the molecule is CC/C=C\C/C=C\C/C=C\C/C=C\C/C=C\C/C=C\CCC(=O)OCC(COP(=O)(O)OCC(O)COP(=O)(O)OCC(COC(=O)CCCCCCC/C=C\C/C=C\CCC)OC(=O)CCCCCCC/C=C\C/C=C\CCC)OC(=O)CCCCCCCC/C=C\C/C=C\C/C=C\CCCCC. The predicted octanol–water partition coefficient (Wildman–Crippen LogP) is 23.2. The van der Waals surface area contributed by atoms with E-state index in [4.69, 9.17) is 37.0 Å². The number of phosphoric ester groups is 2. The molecule has 0 bridgehead atoms. The van der Waals surface area contributed by atoms with E-state index in [2.05, 4.69) is 167 Å². The van der Waals surface area contributed by atoms with Crippen LogP contribution < -0.4 is 0 Å². The third kappa shape index (κ3) is 74.9. The summed E-state index contributed by atoms with van der Waals surface area (Å²) in [5.74, 6) is -2.33. The smallest absolute Gasteiger partial charge is 0.462 e. The lowest BCUT2D eigenvalue weighted by Gasteiger charge is -2.21. The molecule has 0 spiro atoms. The Balaban J connectivity index is 5.46. The number of ether oxygens (including phenoxy) is 4. The highest BCUT2D eigenvalue weighted by molar-refractivity contribution is 7.47. The fourth-order valence-electron chi connectivity index (χ4n) is 9.92. The third-order valence-corrected chi connectivity index (χ3v) is 17.8. The molecule has 0 heterocycles. The number of carbonyl (C=O) groups is 4. The summed E-state index contributed by atoms with van der Waals surface area (Å²) in [6.45, 7) is 4.46. The third-order valence-electron chi connectivity index (χ3n) is 15.9. The van der Waals surface area contributed by atoms with Gasteiger partial charge >= 0.3 is 39.5 Å². The van der Waals surface area contributed by atoms with Crippen molar-refractivity contribution in [2.45, 2.75) is 316 Å². The maximum absolute atomic E-state index is 13.1. The summed E-state index contributed by atoms with van der Waals surface area (Å²) in [7, 11) is -10.00. The molecule has 0 fully saturated rings. The normalized spacial score (nSPS) is 14.7. The van der Waals surface area contributed by atoms with Crippen LogP contribution in [0.4, 0.5) is 0 Å². The zero-order valence-electron chi connectivity index (χ0n) is 64.6. The first-order valence-corrected chi connectivity index (χ1v) is 42.7. The Morgan fingerprint density at radius 2 is 0.538 bits per heavy atom. The maximum Gasteiger partial charge on any atom is 0.472 e. The van der Waals surface area contributed by atoms with Crippen molar-refractivity contribution in [3.8, 4) is 0 Å². The van der Waals surface area contributed by atoms with Gasteiger partial charge in [0.2, 0.25) is 0 Å². The molecule has 0 aromatic heterocycles. The van der Waals surface area contributed by atoms with Crippen molar-refractivity contribution >= 4 is 39.5 Å². The molecular formula is C85H140O17P2. The number of aliphatic hydroxyl groups is 1. The first-order chi connectivity index (χ1) is 50.7. The number of carbonyl (C=O) groups excluding carboxylic acids is 4. The molecule has 17 nitrogen and oxygen atoms in total. The molecule has 5 atom stereocenters. The zero-order chi connectivity index (χ0) is 76.0. The standard InChI is InChI=1S/C85H140O17P2/c1-5-9-13-17-21-25-29-33-35-37-39-41-43-47-50-54-58-62-66-70-83(88)96-76-81(102-85(90)72-68-64-60-56-52-48-44-42-40-38-36-34-30-26-22-18-14-10-6-2)78-100-104(93,94)98-74-79(86)73-97-103(91,92)99-77-80(101-84(89)71-67-63-59-55-51-46-32-28-24-20-16-12-8-4)75-95-82(87)69-65-61-57-53-49-45-31-27-23-19-15-11-7-3/h9,13,15-16,19-22,25-28,31-36,39-42,47,50,58,62,79-81,86H,5-8,10-12,14,17-18,23-24,29-30,37-38,43-46,48-49,51-57,59-61,63-78H2,1-4H3,(H,91,92)(H,93,94)/b13-9-,19-15-,20-16-,25-21-,26-22-,31-27-,32-28-,35-33-,36-34-,41-39-,42-40-,50-47-,62-58-. The molecular weight excluding hydrogens is 1350 g/mol. The number of allylic oxidation sites excluding steroid dienone is 26. The van der Waals surface area contributed by atoms with Gasteiger partial charge in [0.05, 0.1) is 26.4 Å². The van der Waals surface area contributed by atoms with Gasteiger partial charge < -0.3 is 33.8 Å². The van der Waals surface area contributed by atoms with Crippen molar-refractivity contribution in [3.63, 3.8) is 0 Å². The summed E-state index contributed by atoms with van der Waals surface area (Å²) in [5, 5.41) is 10.6. The second-order valence-electron chi connectivity index (χ2n) is 25.9. The Labute approximate surface area is 629 Å². The van der Waals surface area contributed by atoms with Crippen LogP contribution in [-0.4, -0.2) is 96.7 Å². The van der Waals surface area contributed by atoms with E-state index >= 15 is 0 Å². The molecule has 592 valence electrons. The van der Waals surface area contributed by atoms with Crippen LogP contribution in [0.1, 0.15) is 297 Å². The molecule has 0 aromatic rings. The van der Waals surface area contributed by atoms with E-state index in [1.807, 2.05) is 18.2 Å². The average Bonchev–Trinajstić information content (AvgIpc) is 0.906. The second-order valence-corrected chi connectivity index (χ2v) is 28.8. The number of unbranched alkanes of at least 4 members (excludes halogenated alkanes) is 21. The fourth-order valence-corrected chi connectivity index (χ4v) is 11.5. The number of hydrogen-bond acceptors (Lipinski definition) is 15. The Morgan fingerprint density at radius 3 is 0.865 bits per heavy atom. The average molecular weight is 1500 g/mol. The van der Waals surface area contributed by atoms with Gasteiger partial charge in [-0.05, 0) is 154 Å². The van der Waals surface area contributed by atoms with Gasteiger partial charge in [-0.15, -0.1) is 0 Å². The van der Waals surface area contributed by atoms with Crippen LogP contribution in [0, 0.1) is 0 Å². The van der Waals surface area contributed by atoms with Crippen LogP contribution in [0.3, 0.4) is 0 Å². The lowest BCUT2D eigenvalue weighted by atomic mass is 10.1. The number of phosphoric acid groups is 2. The highest BCUT2D eigenvalue weighted by Crippen LogP contribution is 2.45. The maximum atomic E-state index is 13.1. The van der Waals surface area contributed by atoms with Crippen LogP contribution in [0.5, 0.6) is 0 Å². The largest absolute Gasteiger partial charge is 0.472 e. The molecule has 104 heavy (non-hydrogen) atoms. The first kappa shape index (κ1) is 98.7. The van der Waals surface area contributed by atoms with Gasteiger partial charge in [-0.3, -0.25) is 37.3 Å². The van der Waals surface area contributed by atoms with Gasteiger partial charge in [0, 0.05) is 25.7 Å². The fraction of sp³-hybridized carbons (Fsp3) is 0.647. The summed E-state index contributed by atoms with van der Waals surface area (Å²) in [6.07, 6.45) is 88.1. The summed E-state index contributed by atoms with van der Waals surface area (Å²) >= 11 is 0. The van der Waals surface area contributed by atoms with Crippen LogP contribution in [0.15, 0.2) is 158 Å². The Bertz CT molecular complexity index is 2590. The summed E-state index contributed by atoms with van der Waals surface area (Å²) < 4.78 is 68.5. The minimum Gasteiger partial charge on any atom is -0.462 e. The Hall–Kier alpha value is -5.32. The van der Waals surface area contributed by atoms with Crippen LogP contribution >= 0.6 is 15.6 Å². The molecule has 0 aliphatic heterocycles. The van der Waals surface area contributed by atoms with Gasteiger partial charge in [0.1, 0.15) is 19.3 Å². The molecule has 0 aromatic carbocycles. The van der Waals surface area contributed by atoms with E-state index in [1.165, 1.54) is 19.3 Å². The van der Waals surface area contributed by atoms with E-state index in [9.17, 15) is 43.2 Å². The molecule has 5 unspecified atom stereocenters. The quantitative estimate of drug-likeness (QED) is 0.0169. The highest BCUT2D eigenvalue weighted by atomic mass is 31.2. The van der Waals surface area contributed by atoms with Crippen molar-refractivity contribution in [1.29, 1.82) is 0 Å². The topological polar surface area (TPSA) is 237 Å². The Kier molecular flexibility index (Phi) is 72.0. The van der Waals surface area contributed by atoms with Gasteiger partial charge in [-0.2, -0.15) is 0 Å². The van der Waals surface area contributed by atoms with E-state index in [0.717, 1.165) is 193 Å². The lowest BCUT2D eigenvalue weighted by molar-refractivity contribution is -0.161. The van der Waals surface area contributed by atoms with E-state index in [1.54, 1.807) is 0 Å². The lowest BCUT2D eigenvalue weighted by Crippen LogP contribution is -2.30. The molecule has 0 saturated carbocycles. The molecule has 0 saturated heterocycles. The number of rotatable bonds is 73. The van der Waals surface area contributed by atoms with Gasteiger partial charge in [-0.25, -0.2) is 9.13 Å². The van der Waals surface area contributed by atoms with E-state index < -0.39 is 97.5 Å². The van der Waals surface area contributed by atoms with Gasteiger partial charge in [0.25, 0.3) is 0 Å². The molecule has 0 rings (SSSR count). The molecule has 0 amide bonds. The van der Waals surface area contributed by atoms with E-state index in [0.29, 0.717) is 32.1 Å². The summed E-state index contributed by atoms with van der Waals surface area (Å²) in [5.41, 5.74) is 0. The molecule has 3 N–H and O–H groups in total. The first-order valence-electron chi connectivity index (χ1n) is 39.7.